The average Bonchev–Trinajstić information content (AvgIpc) is 2.91. The van der Waals surface area contributed by atoms with E-state index in [1.165, 1.54) is 83.5 Å². The summed E-state index contributed by atoms with van der Waals surface area (Å²) in [5, 5.41) is 0. The molecule has 0 unspecified atom stereocenters. The molecule has 0 heterocycles. The van der Waals surface area contributed by atoms with Gasteiger partial charge in [-0.15, -0.1) is 0 Å². The van der Waals surface area contributed by atoms with E-state index in [0.717, 1.165) is 35.5 Å². The average molecular weight is 487 g/mol. The van der Waals surface area contributed by atoms with Gasteiger partial charge in [0.1, 0.15) is 0 Å². The molecule has 0 radical (unpaired) electrons. The van der Waals surface area contributed by atoms with Crippen molar-refractivity contribution >= 4 is 0 Å². The van der Waals surface area contributed by atoms with Crippen LogP contribution in [0.5, 0.6) is 0 Å². The van der Waals surface area contributed by atoms with Crippen LogP contribution in [0.2, 0.25) is 0 Å². The van der Waals surface area contributed by atoms with Gasteiger partial charge in [-0.25, -0.2) is 0 Å². The topological polar surface area (TPSA) is 0 Å². The Balaban J connectivity index is 1.19. The van der Waals surface area contributed by atoms with Crippen LogP contribution < -0.4 is 0 Å². The first-order valence-electron chi connectivity index (χ1n) is 17.3. The van der Waals surface area contributed by atoms with E-state index in [9.17, 15) is 0 Å². The fourth-order valence-corrected chi connectivity index (χ4v) is 8.59. The van der Waals surface area contributed by atoms with Crippen molar-refractivity contribution in [1.82, 2.24) is 0 Å². The molecule has 0 nitrogen and oxygen atoms in total. The lowest BCUT2D eigenvalue weighted by Gasteiger charge is -2.41. The van der Waals surface area contributed by atoms with E-state index in [2.05, 4.69) is 13.8 Å². The third kappa shape index (κ3) is 11.5. The normalized spacial score (nSPS) is 32.1. The van der Waals surface area contributed by atoms with E-state index in [4.69, 9.17) is 0 Å². The molecule has 206 valence electrons. The van der Waals surface area contributed by atoms with Crippen LogP contribution in [-0.4, -0.2) is 0 Å². The van der Waals surface area contributed by atoms with Crippen molar-refractivity contribution in [3.63, 3.8) is 0 Å². The van der Waals surface area contributed by atoms with Gasteiger partial charge in [0.15, 0.2) is 0 Å². The maximum atomic E-state index is 2.33. The number of unbranched alkanes of at least 4 members (excludes halogenated alkanes) is 11. The first-order valence-corrected chi connectivity index (χ1v) is 17.3. The lowest BCUT2D eigenvalue weighted by Crippen LogP contribution is -2.29. The minimum absolute atomic E-state index is 1.09. The van der Waals surface area contributed by atoms with E-state index in [0.29, 0.717) is 0 Å². The van der Waals surface area contributed by atoms with E-state index in [1.54, 1.807) is 89.9 Å². The Kier molecular flexibility index (Phi) is 15.4. The van der Waals surface area contributed by atoms with Gasteiger partial charge in [0.2, 0.25) is 0 Å². The summed E-state index contributed by atoms with van der Waals surface area (Å²) < 4.78 is 0. The molecule has 3 saturated carbocycles. The molecule has 0 aromatic rings. The fourth-order valence-electron chi connectivity index (χ4n) is 8.59. The molecule has 3 fully saturated rings. The zero-order valence-corrected chi connectivity index (χ0v) is 24.6. The second kappa shape index (κ2) is 18.3. The van der Waals surface area contributed by atoms with Crippen molar-refractivity contribution in [2.24, 2.45) is 35.5 Å². The van der Waals surface area contributed by atoms with E-state index in [1.807, 2.05) is 0 Å². The largest absolute Gasteiger partial charge is 0.0654 e. The van der Waals surface area contributed by atoms with E-state index in [-0.39, 0.29) is 0 Å². The van der Waals surface area contributed by atoms with Crippen LogP contribution in [0, 0.1) is 35.5 Å². The molecule has 0 atom stereocenters. The van der Waals surface area contributed by atoms with Crippen molar-refractivity contribution in [1.29, 1.82) is 0 Å². The number of rotatable bonds is 17. The standard InChI is InChI=1S/C35H66/c1-3-5-7-9-11-13-15-17-31-20-24-33(25-21-31)35-28-26-34(27-29-35)32-22-18-30(19-23-32)16-14-12-10-8-6-4-2/h30-35H,3-29H2,1-2H3. The molecule has 0 heteroatoms. The molecular formula is C35H66. The van der Waals surface area contributed by atoms with Gasteiger partial charge in [-0.2, -0.15) is 0 Å². The van der Waals surface area contributed by atoms with E-state index < -0.39 is 0 Å². The molecular weight excluding hydrogens is 420 g/mol. The third-order valence-electron chi connectivity index (χ3n) is 11.1. The molecule has 3 aliphatic rings. The zero-order valence-electron chi connectivity index (χ0n) is 24.6. The molecule has 0 aliphatic heterocycles. The smallest absolute Gasteiger partial charge is 0.0386 e. The Morgan fingerprint density at radius 2 is 0.571 bits per heavy atom. The molecule has 0 aromatic heterocycles. The first kappa shape index (κ1) is 29.6. The second-order valence-corrected chi connectivity index (χ2v) is 13.7. The maximum absolute atomic E-state index is 2.33. The number of hydrogen-bond donors (Lipinski definition) is 0. The van der Waals surface area contributed by atoms with Gasteiger partial charge in [-0.05, 0) is 86.9 Å². The van der Waals surface area contributed by atoms with Crippen LogP contribution in [0.15, 0.2) is 0 Å². The minimum atomic E-state index is 1.09. The van der Waals surface area contributed by atoms with Crippen LogP contribution >= 0.6 is 0 Å². The third-order valence-corrected chi connectivity index (χ3v) is 11.1. The van der Waals surface area contributed by atoms with Gasteiger partial charge in [0.25, 0.3) is 0 Å². The van der Waals surface area contributed by atoms with Crippen LogP contribution in [0.4, 0.5) is 0 Å². The summed E-state index contributed by atoms with van der Waals surface area (Å²) in [6.07, 6.45) is 41.2. The molecule has 0 bridgehead atoms. The molecule has 0 spiro atoms. The van der Waals surface area contributed by atoms with Gasteiger partial charge >= 0.3 is 0 Å². The SMILES string of the molecule is CCCCCCCCCC1CCC(C2CCC(C3CCC(CCCCCCCC)CC3)CC2)CC1. The van der Waals surface area contributed by atoms with Gasteiger partial charge in [0.05, 0.1) is 0 Å². The Bertz CT molecular complexity index is 470. The molecule has 0 aromatic carbocycles. The van der Waals surface area contributed by atoms with Crippen LogP contribution in [0.25, 0.3) is 0 Å². The quantitative estimate of drug-likeness (QED) is 0.179. The minimum Gasteiger partial charge on any atom is -0.0654 e. The van der Waals surface area contributed by atoms with E-state index >= 15 is 0 Å². The predicted molar refractivity (Wildman–Crippen MR) is 157 cm³/mol. The molecule has 0 N–H and O–H groups in total. The van der Waals surface area contributed by atoms with Gasteiger partial charge in [-0.3, -0.25) is 0 Å². The molecule has 35 heavy (non-hydrogen) atoms. The Morgan fingerprint density at radius 3 is 0.886 bits per heavy atom. The van der Waals surface area contributed by atoms with Gasteiger partial charge in [0, 0.05) is 0 Å². The highest BCUT2D eigenvalue weighted by atomic mass is 14.4. The van der Waals surface area contributed by atoms with Crippen molar-refractivity contribution in [3.05, 3.63) is 0 Å². The molecule has 3 rings (SSSR count). The molecule has 3 aliphatic carbocycles. The highest BCUT2D eigenvalue weighted by Gasteiger charge is 2.34. The Morgan fingerprint density at radius 1 is 0.314 bits per heavy atom. The highest BCUT2D eigenvalue weighted by Crippen LogP contribution is 2.46. The summed E-state index contributed by atoms with van der Waals surface area (Å²) in [6, 6.07) is 0. The highest BCUT2D eigenvalue weighted by molar-refractivity contribution is 4.86. The monoisotopic (exact) mass is 487 g/mol. The Labute approximate surface area is 222 Å². The second-order valence-electron chi connectivity index (χ2n) is 13.7. The molecule has 0 amide bonds. The number of hydrogen-bond acceptors (Lipinski definition) is 0. The first-order chi connectivity index (χ1) is 17.3. The maximum Gasteiger partial charge on any atom is -0.0386 e. The predicted octanol–water partition coefficient (Wildman–Crippen LogP) is 12.3. The van der Waals surface area contributed by atoms with Gasteiger partial charge < -0.3 is 0 Å². The van der Waals surface area contributed by atoms with Crippen molar-refractivity contribution < 1.29 is 0 Å². The van der Waals surface area contributed by atoms with Crippen molar-refractivity contribution in [2.75, 3.05) is 0 Å². The van der Waals surface area contributed by atoms with Crippen LogP contribution in [0.1, 0.15) is 187 Å². The van der Waals surface area contributed by atoms with Crippen LogP contribution in [-0.2, 0) is 0 Å². The summed E-state index contributed by atoms with van der Waals surface area (Å²) in [6.45, 7) is 4.65. The summed E-state index contributed by atoms with van der Waals surface area (Å²) in [4.78, 5) is 0. The fraction of sp³-hybridized carbons (Fsp3) is 1.00. The van der Waals surface area contributed by atoms with Crippen molar-refractivity contribution in [2.45, 2.75) is 187 Å². The Hall–Kier alpha value is 0. The lowest BCUT2D eigenvalue weighted by molar-refractivity contribution is 0.102. The summed E-state index contributed by atoms with van der Waals surface area (Å²) >= 11 is 0. The molecule has 0 saturated heterocycles. The summed E-state index contributed by atoms with van der Waals surface area (Å²) in [7, 11) is 0. The van der Waals surface area contributed by atoms with Crippen molar-refractivity contribution in [3.8, 4) is 0 Å². The zero-order chi connectivity index (χ0) is 24.6. The van der Waals surface area contributed by atoms with Gasteiger partial charge in [-0.1, -0.05) is 136 Å². The van der Waals surface area contributed by atoms with Crippen LogP contribution in [0.3, 0.4) is 0 Å². The summed E-state index contributed by atoms with van der Waals surface area (Å²) in [5.74, 6) is 6.60. The lowest BCUT2D eigenvalue weighted by atomic mass is 9.64. The summed E-state index contributed by atoms with van der Waals surface area (Å²) in [5.41, 5.74) is 0.